The van der Waals surface area contributed by atoms with Gasteiger partial charge < -0.3 is 15.7 Å². The molecule has 0 aliphatic heterocycles. The van der Waals surface area contributed by atoms with Crippen LogP contribution in [0.3, 0.4) is 0 Å². The van der Waals surface area contributed by atoms with Crippen molar-refractivity contribution >= 4 is 28.7 Å². The number of hydrogen-bond donors (Lipinski definition) is 3. The molecule has 1 aromatic heterocycles. The van der Waals surface area contributed by atoms with Crippen LogP contribution in [0.2, 0.25) is 0 Å². The van der Waals surface area contributed by atoms with E-state index < -0.39 is 24.0 Å². The lowest BCUT2D eigenvalue weighted by Crippen LogP contribution is -2.52. The monoisotopic (exact) mass is 371 g/mol. The fraction of sp³-hybridized carbons (Fsp3) is 0.400. The highest BCUT2D eigenvalue weighted by atomic mass is 16.4. The number of fused-ring (bicyclic) bond motifs is 1. The van der Waals surface area contributed by atoms with Gasteiger partial charge in [-0.2, -0.15) is 0 Å². The van der Waals surface area contributed by atoms with E-state index in [-0.39, 0.29) is 18.2 Å². The molecule has 7 nitrogen and oxygen atoms in total. The van der Waals surface area contributed by atoms with E-state index in [9.17, 15) is 19.5 Å². The van der Waals surface area contributed by atoms with E-state index in [1.54, 1.807) is 6.07 Å². The molecule has 0 radical (unpaired) electrons. The molecule has 27 heavy (non-hydrogen) atoms. The molecule has 2 amide bonds. The molecule has 1 aromatic carbocycles. The molecule has 0 unspecified atom stereocenters. The van der Waals surface area contributed by atoms with E-state index >= 15 is 0 Å². The van der Waals surface area contributed by atoms with Crippen LogP contribution in [0.4, 0.5) is 0 Å². The third kappa shape index (κ3) is 6.06. The van der Waals surface area contributed by atoms with Gasteiger partial charge >= 0.3 is 5.97 Å². The maximum absolute atomic E-state index is 12.5. The minimum atomic E-state index is -1.15. The van der Waals surface area contributed by atoms with Crippen molar-refractivity contribution in [1.82, 2.24) is 15.6 Å². The lowest BCUT2D eigenvalue weighted by molar-refractivity contribution is -0.142. The highest BCUT2D eigenvalue weighted by molar-refractivity contribution is 5.90. The summed E-state index contributed by atoms with van der Waals surface area (Å²) in [4.78, 5) is 40.0. The van der Waals surface area contributed by atoms with Gasteiger partial charge in [-0.1, -0.05) is 38.1 Å². The largest absolute Gasteiger partial charge is 0.480 e. The van der Waals surface area contributed by atoms with Gasteiger partial charge in [-0.05, 0) is 24.5 Å². The Morgan fingerprint density at radius 2 is 1.74 bits per heavy atom. The van der Waals surface area contributed by atoms with Crippen LogP contribution in [-0.4, -0.2) is 40.0 Å². The van der Waals surface area contributed by atoms with Gasteiger partial charge in [-0.15, -0.1) is 0 Å². The van der Waals surface area contributed by atoms with Crippen molar-refractivity contribution in [3.8, 4) is 0 Å². The fourth-order valence-electron chi connectivity index (χ4n) is 2.85. The Morgan fingerprint density at radius 3 is 2.37 bits per heavy atom. The minimum absolute atomic E-state index is 0.0559. The Hall–Kier alpha value is -2.96. The van der Waals surface area contributed by atoms with Crippen molar-refractivity contribution < 1.29 is 19.5 Å². The number of benzene rings is 1. The lowest BCUT2D eigenvalue weighted by Gasteiger charge is -2.22. The number of carboxylic acids is 1. The zero-order chi connectivity index (χ0) is 20.0. The van der Waals surface area contributed by atoms with Gasteiger partial charge in [0.2, 0.25) is 11.8 Å². The minimum Gasteiger partial charge on any atom is -0.480 e. The molecule has 0 saturated heterocycles. The molecule has 2 rings (SSSR count). The number of rotatable bonds is 8. The number of carbonyl (C=O) groups excluding carboxylic acids is 2. The third-order valence-electron chi connectivity index (χ3n) is 4.09. The van der Waals surface area contributed by atoms with E-state index in [4.69, 9.17) is 0 Å². The van der Waals surface area contributed by atoms with Crippen LogP contribution in [0.5, 0.6) is 0 Å². The molecule has 3 N–H and O–H groups in total. The predicted molar refractivity (Wildman–Crippen MR) is 102 cm³/mol. The number of pyridine rings is 1. The van der Waals surface area contributed by atoms with Crippen molar-refractivity contribution in [1.29, 1.82) is 0 Å². The number of aromatic nitrogens is 1. The summed E-state index contributed by atoms with van der Waals surface area (Å²) in [6.07, 6.45) is 0.479. The van der Waals surface area contributed by atoms with Crippen LogP contribution in [0.15, 0.2) is 36.4 Å². The number of amides is 2. The molecule has 1 heterocycles. The molecule has 0 aliphatic carbocycles. The first-order valence-corrected chi connectivity index (χ1v) is 8.91. The number of para-hydroxylation sites is 1. The van der Waals surface area contributed by atoms with Crippen molar-refractivity contribution in [2.45, 2.75) is 45.7 Å². The fourth-order valence-corrected chi connectivity index (χ4v) is 2.85. The summed E-state index contributed by atoms with van der Waals surface area (Å²) < 4.78 is 0. The van der Waals surface area contributed by atoms with Crippen molar-refractivity contribution in [3.63, 3.8) is 0 Å². The van der Waals surface area contributed by atoms with E-state index in [1.807, 2.05) is 44.2 Å². The number of nitrogens with zero attached hydrogens (tertiary/aromatic N) is 1. The van der Waals surface area contributed by atoms with Gasteiger partial charge in [0.05, 0.1) is 5.52 Å². The smallest absolute Gasteiger partial charge is 0.326 e. The Kier molecular flexibility index (Phi) is 6.87. The molecule has 0 bridgehead atoms. The summed E-state index contributed by atoms with van der Waals surface area (Å²) >= 11 is 0. The van der Waals surface area contributed by atoms with Crippen LogP contribution in [0.1, 0.15) is 32.9 Å². The van der Waals surface area contributed by atoms with Gasteiger partial charge in [0, 0.05) is 24.4 Å². The molecule has 0 fully saturated rings. The van der Waals surface area contributed by atoms with Gasteiger partial charge in [0.1, 0.15) is 12.1 Å². The third-order valence-corrected chi connectivity index (χ3v) is 4.09. The molecule has 0 aliphatic rings. The average molecular weight is 371 g/mol. The molecule has 144 valence electrons. The number of nitrogens with one attached hydrogen (secondary N) is 2. The summed E-state index contributed by atoms with van der Waals surface area (Å²) in [5, 5.41) is 15.6. The zero-order valence-corrected chi connectivity index (χ0v) is 15.7. The SMILES string of the molecule is CC(=O)N[C@@H](CC(C)C)C(=O)N[C@@H](Cc1ccc2ccccc2n1)C(=O)O. The highest BCUT2D eigenvalue weighted by Crippen LogP contribution is 2.13. The maximum atomic E-state index is 12.5. The Morgan fingerprint density at radius 1 is 1.04 bits per heavy atom. The highest BCUT2D eigenvalue weighted by Gasteiger charge is 2.27. The molecular weight excluding hydrogens is 346 g/mol. The van der Waals surface area contributed by atoms with Gasteiger partial charge in [0.15, 0.2) is 0 Å². The first kappa shape index (κ1) is 20.4. The van der Waals surface area contributed by atoms with Crippen LogP contribution in [0.25, 0.3) is 10.9 Å². The number of aliphatic carboxylic acids is 1. The van der Waals surface area contributed by atoms with E-state index in [1.165, 1.54) is 6.92 Å². The van der Waals surface area contributed by atoms with Crippen LogP contribution in [0, 0.1) is 5.92 Å². The second-order valence-corrected chi connectivity index (χ2v) is 6.98. The van der Waals surface area contributed by atoms with Crippen molar-refractivity contribution in [2.24, 2.45) is 5.92 Å². The molecule has 2 atom stereocenters. The van der Waals surface area contributed by atoms with E-state index in [2.05, 4.69) is 15.6 Å². The first-order valence-electron chi connectivity index (χ1n) is 8.91. The summed E-state index contributed by atoms with van der Waals surface area (Å²) in [7, 11) is 0. The van der Waals surface area contributed by atoms with Gasteiger partial charge in [-0.25, -0.2) is 4.79 Å². The summed E-state index contributed by atoms with van der Waals surface area (Å²) in [5.74, 6) is -1.83. The molecular formula is C20H25N3O4. The molecule has 0 spiro atoms. The van der Waals surface area contributed by atoms with Gasteiger partial charge in [0.25, 0.3) is 0 Å². The van der Waals surface area contributed by atoms with E-state index in [0.29, 0.717) is 12.1 Å². The molecule has 2 aromatic rings. The zero-order valence-electron chi connectivity index (χ0n) is 15.7. The lowest BCUT2D eigenvalue weighted by atomic mass is 10.0. The quantitative estimate of drug-likeness (QED) is 0.657. The van der Waals surface area contributed by atoms with Crippen molar-refractivity contribution in [2.75, 3.05) is 0 Å². The van der Waals surface area contributed by atoms with Crippen molar-refractivity contribution in [3.05, 3.63) is 42.1 Å². The molecule has 0 saturated carbocycles. The van der Waals surface area contributed by atoms with Gasteiger partial charge in [-0.3, -0.25) is 14.6 Å². The Bertz CT molecular complexity index is 835. The summed E-state index contributed by atoms with van der Waals surface area (Å²) in [5.41, 5.74) is 1.34. The standard InChI is InChI=1S/C20H25N3O4/c1-12(2)10-17(21-13(3)24)19(25)23-18(20(26)27)11-15-9-8-14-6-4-5-7-16(14)22-15/h4-9,12,17-18H,10-11H2,1-3H3,(H,21,24)(H,23,25)(H,26,27)/t17-,18-/m0/s1. The van der Waals surface area contributed by atoms with E-state index in [0.717, 1.165) is 10.9 Å². The number of carbonyl (C=O) groups is 3. The second-order valence-electron chi connectivity index (χ2n) is 6.98. The van der Waals surface area contributed by atoms with Crippen LogP contribution >= 0.6 is 0 Å². The number of carboxylic acid groups (broad SMARTS) is 1. The van der Waals surface area contributed by atoms with Crippen LogP contribution in [-0.2, 0) is 20.8 Å². The summed E-state index contributed by atoms with van der Waals surface area (Å²) in [6, 6.07) is 9.26. The normalized spacial score (nSPS) is 13.2. The summed E-state index contributed by atoms with van der Waals surface area (Å²) in [6.45, 7) is 5.18. The van der Waals surface area contributed by atoms with Crippen LogP contribution < -0.4 is 10.6 Å². The first-order chi connectivity index (χ1) is 12.8. The molecule has 7 heteroatoms. The topological polar surface area (TPSA) is 108 Å². The number of hydrogen-bond acceptors (Lipinski definition) is 4. The predicted octanol–water partition coefficient (Wildman–Crippen LogP) is 1.90. The average Bonchev–Trinajstić information content (AvgIpc) is 2.59. The second kappa shape index (κ2) is 9.12. The Balaban J connectivity index is 2.14. The Labute approximate surface area is 158 Å². The maximum Gasteiger partial charge on any atom is 0.326 e.